The molecule has 0 aromatic heterocycles. The Morgan fingerprint density at radius 1 is 1.12 bits per heavy atom. The molecular weight excluding hydrogens is 312 g/mol. The first-order valence-electron chi connectivity index (χ1n) is 7.20. The Kier molecular flexibility index (Phi) is 5.62. The molecule has 7 nitrogen and oxygen atoms in total. The van der Waals surface area contributed by atoms with Crippen LogP contribution in [-0.2, 0) is 16.1 Å². The molecule has 1 amide bonds. The fourth-order valence-corrected chi connectivity index (χ4v) is 1.98. The standard InChI is InChI=1S/C17H16N2O5/c1-12-6-8-13(9-7-12)17(21)18-10-16(20)24-11-14-4-2-3-5-15(14)19(22)23/h2-9H,10-11H2,1H3,(H,18,21). The van der Waals surface area contributed by atoms with Crippen molar-refractivity contribution in [1.82, 2.24) is 5.32 Å². The number of rotatable bonds is 6. The summed E-state index contributed by atoms with van der Waals surface area (Å²) in [6.07, 6.45) is 0. The van der Waals surface area contributed by atoms with Crippen LogP contribution in [0.25, 0.3) is 0 Å². The highest BCUT2D eigenvalue weighted by Gasteiger charge is 2.14. The normalized spacial score (nSPS) is 10.0. The second-order valence-electron chi connectivity index (χ2n) is 5.10. The fourth-order valence-electron chi connectivity index (χ4n) is 1.98. The van der Waals surface area contributed by atoms with Crippen molar-refractivity contribution >= 4 is 17.6 Å². The quantitative estimate of drug-likeness (QED) is 0.499. The molecule has 0 saturated heterocycles. The number of carbonyl (C=O) groups excluding carboxylic acids is 2. The molecule has 2 rings (SSSR count). The molecule has 24 heavy (non-hydrogen) atoms. The van der Waals surface area contributed by atoms with Crippen molar-refractivity contribution in [2.75, 3.05) is 6.54 Å². The zero-order valence-corrected chi connectivity index (χ0v) is 13.0. The molecule has 0 radical (unpaired) electrons. The van der Waals surface area contributed by atoms with Gasteiger partial charge >= 0.3 is 5.97 Å². The number of nitrogens with one attached hydrogen (secondary N) is 1. The molecule has 0 saturated carbocycles. The van der Waals surface area contributed by atoms with Crippen LogP contribution in [0.15, 0.2) is 48.5 Å². The summed E-state index contributed by atoms with van der Waals surface area (Å²) in [7, 11) is 0. The van der Waals surface area contributed by atoms with E-state index >= 15 is 0 Å². The lowest BCUT2D eigenvalue weighted by Gasteiger charge is -2.07. The third kappa shape index (κ3) is 4.64. The molecule has 2 aromatic carbocycles. The van der Waals surface area contributed by atoms with Crippen LogP contribution in [-0.4, -0.2) is 23.3 Å². The van der Waals surface area contributed by atoms with Crippen LogP contribution in [0.5, 0.6) is 0 Å². The minimum Gasteiger partial charge on any atom is -0.459 e. The maximum absolute atomic E-state index is 11.9. The lowest BCUT2D eigenvalue weighted by molar-refractivity contribution is -0.385. The van der Waals surface area contributed by atoms with Gasteiger partial charge in [-0.2, -0.15) is 0 Å². The molecule has 1 N–H and O–H groups in total. The molecule has 7 heteroatoms. The smallest absolute Gasteiger partial charge is 0.325 e. The Balaban J connectivity index is 1.85. The van der Waals surface area contributed by atoms with Crippen molar-refractivity contribution in [2.24, 2.45) is 0 Å². The number of carbonyl (C=O) groups is 2. The number of para-hydroxylation sites is 1. The number of nitro groups is 1. The predicted octanol–water partition coefficient (Wildman–Crippen LogP) is 2.38. The van der Waals surface area contributed by atoms with Crippen molar-refractivity contribution in [1.29, 1.82) is 0 Å². The molecule has 2 aromatic rings. The third-order valence-corrected chi connectivity index (χ3v) is 3.28. The van der Waals surface area contributed by atoms with Crippen molar-refractivity contribution in [3.63, 3.8) is 0 Å². The van der Waals surface area contributed by atoms with Gasteiger partial charge in [0.15, 0.2) is 0 Å². The van der Waals surface area contributed by atoms with Crippen molar-refractivity contribution in [2.45, 2.75) is 13.5 Å². The summed E-state index contributed by atoms with van der Waals surface area (Å²) >= 11 is 0. The monoisotopic (exact) mass is 328 g/mol. The van der Waals surface area contributed by atoms with E-state index in [0.29, 0.717) is 11.1 Å². The average molecular weight is 328 g/mol. The maximum atomic E-state index is 11.9. The van der Waals surface area contributed by atoms with Gasteiger partial charge in [0.2, 0.25) is 0 Å². The lowest BCUT2D eigenvalue weighted by Crippen LogP contribution is -2.30. The lowest BCUT2D eigenvalue weighted by atomic mass is 10.1. The van der Waals surface area contributed by atoms with E-state index in [9.17, 15) is 19.7 Å². The van der Waals surface area contributed by atoms with Gasteiger partial charge < -0.3 is 10.1 Å². The van der Waals surface area contributed by atoms with Crippen LogP contribution in [0.3, 0.4) is 0 Å². The predicted molar refractivity (Wildman–Crippen MR) is 86.4 cm³/mol. The average Bonchev–Trinajstić information content (AvgIpc) is 2.58. The zero-order valence-electron chi connectivity index (χ0n) is 13.0. The van der Waals surface area contributed by atoms with Gasteiger partial charge in [-0.3, -0.25) is 19.7 Å². The first-order valence-corrected chi connectivity index (χ1v) is 7.20. The van der Waals surface area contributed by atoms with Gasteiger partial charge in [0.05, 0.1) is 10.5 Å². The number of benzene rings is 2. The van der Waals surface area contributed by atoms with E-state index in [2.05, 4.69) is 5.32 Å². The third-order valence-electron chi connectivity index (χ3n) is 3.28. The second-order valence-corrected chi connectivity index (χ2v) is 5.10. The largest absolute Gasteiger partial charge is 0.459 e. The van der Waals surface area contributed by atoms with Crippen LogP contribution >= 0.6 is 0 Å². The highest BCUT2D eigenvalue weighted by atomic mass is 16.6. The van der Waals surface area contributed by atoms with Crippen LogP contribution in [0.1, 0.15) is 21.5 Å². The Hall–Kier alpha value is -3.22. The van der Waals surface area contributed by atoms with Gasteiger partial charge in [0.1, 0.15) is 13.2 Å². The molecule has 0 atom stereocenters. The number of nitrogens with zero attached hydrogens (tertiary/aromatic N) is 1. The summed E-state index contributed by atoms with van der Waals surface area (Å²) in [4.78, 5) is 33.9. The zero-order chi connectivity index (χ0) is 17.5. The van der Waals surface area contributed by atoms with E-state index in [1.165, 1.54) is 18.2 Å². The highest BCUT2D eigenvalue weighted by Crippen LogP contribution is 2.18. The second kappa shape index (κ2) is 7.87. The topological polar surface area (TPSA) is 98.5 Å². The summed E-state index contributed by atoms with van der Waals surface area (Å²) in [6, 6.07) is 12.9. The van der Waals surface area contributed by atoms with Crippen molar-refractivity contribution < 1.29 is 19.2 Å². The summed E-state index contributed by atoms with van der Waals surface area (Å²) in [6.45, 7) is 1.37. The van der Waals surface area contributed by atoms with Crippen LogP contribution in [0.4, 0.5) is 5.69 Å². The maximum Gasteiger partial charge on any atom is 0.325 e. The van der Waals surface area contributed by atoms with Gasteiger partial charge in [0, 0.05) is 11.6 Å². The minimum atomic E-state index is -0.673. The molecule has 0 aliphatic heterocycles. The molecule has 0 bridgehead atoms. The van der Waals surface area contributed by atoms with Gasteiger partial charge in [-0.25, -0.2) is 0 Å². The summed E-state index contributed by atoms with van der Waals surface area (Å²) in [5.41, 5.74) is 1.64. The number of hydrogen-bond donors (Lipinski definition) is 1. The number of nitro benzene ring substituents is 1. The van der Waals surface area contributed by atoms with E-state index in [0.717, 1.165) is 5.56 Å². The van der Waals surface area contributed by atoms with E-state index in [4.69, 9.17) is 4.74 Å². The van der Waals surface area contributed by atoms with E-state index in [-0.39, 0.29) is 18.8 Å². The Bertz CT molecular complexity index is 756. The molecule has 0 heterocycles. The first-order chi connectivity index (χ1) is 11.5. The van der Waals surface area contributed by atoms with Crippen LogP contribution in [0, 0.1) is 17.0 Å². The molecule has 124 valence electrons. The first kappa shape index (κ1) is 17.1. The molecule has 0 aliphatic carbocycles. The van der Waals surface area contributed by atoms with Gasteiger partial charge in [0.25, 0.3) is 11.6 Å². The molecule has 0 fully saturated rings. The van der Waals surface area contributed by atoms with Gasteiger partial charge in [-0.05, 0) is 25.1 Å². The number of ether oxygens (including phenoxy) is 1. The number of hydrogen-bond acceptors (Lipinski definition) is 5. The molecule has 0 unspecified atom stereocenters. The number of esters is 1. The van der Waals surface area contributed by atoms with E-state index in [1.807, 2.05) is 6.92 Å². The van der Waals surface area contributed by atoms with E-state index in [1.54, 1.807) is 30.3 Å². The van der Waals surface area contributed by atoms with Gasteiger partial charge in [-0.15, -0.1) is 0 Å². The number of aryl methyl sites for hydroxylation is 1. The number of amides is 1. The van der Waals surface area contributed by atoms with Gasteiger partial charge in [-0.1, -0.05) is 29.8 Å². The Labute approximate surface area is 138 Å². The minimum absolute atomic E-state index is 0.117. The molecule has 0 aliphatic rings. The Morgan fingerprint density at radius 3 is 2.46 bits per heavy atom. The Morgan fingerprint density at radius 2 is 1.79 bits per heavy atom. The molecular formula is C17H16N2O5. The SMILES string of the molecule is Cc1ccc(C(=O)NCC(=O)OCc2ccccc2[N+](=O)[O-])cc1. The molecule has 0 spiro atoms. The van der Waals surface area contributed by atoms with Crippen molar-refractivity contribution in [3.8, 4) is 0 Å². The summed E-state index contributed by atoms with van der Waals surface area (Å²) in [5.74, 6) is -1.06. The van der Waals surface area contributed by atoms with Crippen molar-refractivity contribution in [3.05, 3.63) is 75.3 Å². The van der Waals surface area contributed by atoms with E-state index < -0.39 is 16.8 Å². The highest BCUT2D eigenvalue weighted by molar-refractivity contribution is 5.95. The van der Waals surface area contributed by atoms with Crippen LogP contribution < -0.4 is 5.32 Å². The fraction of sp³-hybridized carbons (Fsp3) is 0.176. The summed E-state index contributed by atoms with van der Waals surface area (Å²) in [5, 5.41) is 13.3. The van der Waals surface area contributed by atoms with Crippen LogP contribution in [0.2, 0.25) is 0 Å². The summed E-state index contributed by atoms with van der Waals surface area (Å²) < 4.78 is 4.97.